The van der Waals surface area contributed by atoms with E-state index in [1.54, 1.807) is 0 Å². The highest BCUT2D eigenvalue weighted by Crippen LogP contribution is 2.24. The third-order valence-electron chi connectivity index (χ3n) is 0.825. The number of anilines is 1. The molecule has 2 N–H and O–H groups in total. The van der Waals surface area contributed by atoms with Crippen LogP contribution in [-0.2, 0) is 0 Å². The van der Waals surface area contributed by atoms with Gasteiger partial charge < -0.3 is 5.73 Å². The number of aromatic nitrogens is 2. The zero-order valence-electron chi connectivity index (χ0n) is 4.61. The average Bonchev–Trinajstić information content (AvgIpc) is 1.82. The molecule has 0 atom stereocenters. The predicted molar refractivity (Wildman–Crippen MR) is 41.5 cm³/mol. The second kappa shape index (κ2) is 2.78. The lowest BCUT2D eigenvalue weighted by Crippen LogP contribution is -1.93. The van der Waals surface area contributed by atoms with Crippen LogP contribution in [0, 0.1) is 0 Å². The third-order valence-corrected chi connectivity index (χ3v) is 1.57. The molecule has 0 amide bonds. The van der Waals surface area contributed by atoms with Crippen LogP contribution in [0.25, 0.3) is 0 Å². The zero-order valence-corrected chi connectivity index (χ0v) is 6.87. The highest BCUT2D eigenvalue weighted by molar-refractivity contribution is 6.38. The van der Waals surface area contributed by atoms with Crippen LogP contribution in [0.3, 0.4) is 0 Å². The molecule has 0 saturated carbocycles. The molecule has 0 radical (unpaired) electrons. The minimum absolute atomic E-state index is 0.01000. The van der Waals surface area contributed by atoms with Crippen LogP contribution in [0.15, 0.2) is 0 Å². The second-order valence-electron chi connectivity index (χ2n) is 1.49. The van der Waals surface area contributed by atoms with Crippen molar-refractivity contribution in [1.29, 1.82) is 0 Å². The predicted octanol–water partition coefficient (Wildman–Crippen LogP) is 2.02. The van der Waals surface area contributed by atoms with E-state index in [1.165, 1.54) is 0 Å². The molecule has 0 fully saturated rings. The molecule has 0 aliphatic carbocycles. The monoisotopic (exact) mass is 197 g/mol. The van der Waals surface area contributed by atoms with E-state index in [1.807, 2.05) is 0 Å². The van der Waals surface area contributed by atoms with Gasteiger partial charge in [0.2, 0.25) is 5.28 Å². The van der Waals surface area contributed by atoms with E-state index < -0.39 is 0 Å². The summed E-state index contributed by atoms with van der Waals surface area (Å²) in [5.74, 6) is 0. The van der Waals surface area contributed by atoms with E-state index in [0.29, 0.717) is 0 Å². The largest absolute Gasteiger partial charge is 0.394 e. The molecule has 54 valence electrons. The Morgan fingerprint density at radius 2 is 1.40 bits per heavy atom. The fourth-order valence-electron chi connectivity index (χ4n) is 0.393. The molecule has 6 heteroatoms. The van der Waals surface area contributed by atoms with E-state index in [-0.39, 0.29) is 21.3 Å². The molecule has 0 aliphatic heterocycles. The molecule has 1 aromatic heterocycles. The molecule has 1 rings (SSSR count). The third kappa shape index (κ3) is 1.42. The van der Waals surface area contributed by atoms with Gasteiger partial charge in [0.15, 0.2) is 10.3 Å². The van der Waals surface area contributed by atoms with Crippen molar-refractivity contribution in [3.05, 3.63) is 15.6 Å². The topological polar surface area (TPSA) is 51.8 Å². The molecule has 1 heterocycles. The van der Waals surface area contributed by atoms with Crippen molar-refractivity contribution in [1.82, 2.24) is 9.97 Å². The van der Waals surface area contributed by atoms with Crippen molar-refractivity contribution in [3.63, 3.8) is 0 Å². The average molecular weight is 198 g/mol. The summed E-state index contributed by atoms with van der Waals surface area (Å²) in [5, 5.41) is 0.138. The summed E-state index contributed by atoms with van der Waals surface area (Å²) in [6, 6.07) is 0. The van der Waals surface area contributed by atoms with Gasteiger partial charge in [0, 0.05) is 0 Å². The Labute approximate surface area is 72.1 Å². The van der Waals surface area contributed by atoms with E-state index in [4.69, 9.17) is 40.5 Å². The van der Waals surface area contributed by atoms with Crippen LogP contribution in [0.4, 0.5) is 5.69 Å². The van der Waals surface area contributed by atoms with Gasteiger partial charge in [0.1, 0.15) is 5.69 Å². The van der Waals surface area contributed by atoms with Gasteiger partial charge in [-0.2, -0.15) is 0 Å². The summed E-state index contributed by atoms with van der Waals surface area (Å²) in [7, 11) is 0. The number of rotatable bonds is 0. The summed E-state index contributed by atoms with van der Waals surface area (Å²) < 4.78 is 0. The molecule has 0 spiro atoms. The van der Waals surface area contributed by atoms with Gasteiger partial charge in [0.25, 0.3) is 0 Å². The van der Waals surface area contributed by atoms with Gasteiger partial charge in [-0.1, -0.05) is 23.2 Å². The first-order chi connectivity index (χ1) is 4.61. The Balaban J connectivity index is 3.31. The summed E-state index contributed by atoms with van der Waals surface area (Å²) in [4.78, 5) is 7.09. The Bertz CT molecular complexity index is 239. The van der Waals surface area contributed by atoms with Crippen LogP contribution < -0.4 is 5.73 Å². The number of halogens is 3. The standard InChI is InChI=1S/C4H2Cl3N3/c5-2-1(8)3(6)10-4(7)9-2/h8H2. The Kier molecular flexibility index (Phi) is 2.18. The maximum Gasteiger partial charge on any atom is 0.225 e. The van der Waals surface area contributed by atoms with Crippen LogP contribution in [-0.4, -0.2) is 9.97 Å². The van der Waals surface area contributed by atoms with Gasteiger partial charge in [-0.15, -0.1) is 0 Å². The van der Waals surface area contributed by atoms with Crippen molar-refractivity contribution >= 4 is 40.5 Å². The SMILES string of the molecule is Nc1c(Cl)nc(Cl)nc1Cl. The van der Waals surface area contributed by atoms with Gasteiger partial charge >= 0.3 is 0 Å². The molecule has 1 aromatic rings. The zero-order chi connectivity index (χ0) is 7.72. The fraction of sp³-hybridized carbons (Fsp3) is 0. The van der Waals surface area contributed by atoms with Gasteiger partial charge in [-0.25, -0.2) is 9.97 Å². The molecule has 0 saturated heterocycles. The molecule has 0 aromatic carbocycles. The van der Waals surface area contributed by atoms with Crippen LogP contribution in [0.2, 0.25) is 15.6 Å². The van der Waals surface area contributed by atoms with Crippen molar-refractivity contribution in [2.24, 2.45) is 0 Å². The van der Waals surface area contributed by atoms with E-state index >= 15 is 0 Å². The van der Waals surface area contributed by atoms with E-state index in [0.717, 1.165) is 0 Å². The van der Waals surface area contributed by atoms with E-state index in [2.05, 4.69) is 9.97 Å². The number of hydrogen-bond acceptors (Lipinski definition) is 3. The molecular formula is C4H2Cl3N3. The number of nitrogen functional groups attached to an aromatic ring is 1. The van der Waals surface area contributed by atoms with E-state index in [9.17, 15) is 0 Å². The number of nitrogens with zero attached hydrogens (tertiary/aromatic N) is 2. The van der Waals surface area contributed by atoms with Crippen LogP contribution in [0.1, 0.15) is 0 Å². The molecular weight excluding hydrogens is 196 g/mol. The first kappa shape index (κ1) is 7.85. The number of hydrogen-bond donors (Lipinski definition) is 1. The fourth-order valence-corrected chi connectivity index (χ4v) is 1.04. The van der Waals surface area contributed by atoms with Gasteiger partial charge in [-0.05, 0) is 11.6 Å². The summed E-state index contributed by atoms with van der Waals surface area (Å²) >= 11 is 16.3. The molecule has 0 aliphatic rings. The molecule has 3 nitrogen and oxygen atoms in total. The highest BCUT2D eigenvalue weighted by atomic mass is 35.5. The van der Waals surface area contributed by atoms with Gasteiger partial charge in [0.05, 0.1) is 0 Å². The molecule has 10 heavy (non-hydrogen) atoms. The first-order valence-corrected chi connectivity index (χ1v) is 3.38. The minimum Gasteiger partial charge on any atom is -0.394 e. The Hall–Kier alpha value is -0.250. The normalized spacial score (nSPS) is 9.90. The number of nitrogens with two attached hydrogens (primary N) is 1. The van der Waals surface area contributed by atoms with Crippen LogP contribution >= 0.6 is 34.8 Å². The second-order valence-corrected chi connectivity index (χ2v) is 2.54. The lowest BCUT2D eigenvalue weighted by molar-refractivity contribution is 1.17. The maximum absolute atomic E-state index is 5.47. The lowest BCUT2D eigenvalue weighted by atomic mass is 10.6. The molecule has 0 bridgehead atoms. The smallest absolute Gasteiger partial charge is 0.225 e. The lowest BCUT2D eigenvalue weighted by Gasteiger charge is -1.97. The quantitative estimate of drug-likeness (QED) is 0.512. The maximum atomic E-state index is 5.47. The van der Waals surface area contributed by atoms with Crippen molar-refractivity contribution in [2.45, 2.75) is 0 Å². The summed E-state index contributed by atoms with van der Waals surface area (Å²) in [6.07, 6.45) is 0. The summed E-state index contributed by atoms with van der Waals surface area (Å²) in [5.41, 5.74) is 5.45. The Morgan fingerprint density at radius 1 is 1.00 bits per heavy atom. The van der Waals surface area contributed by atoms with Crippen molar-refractivity contribution in [2.75, 3.05) is 5.73 Å². The highest BCUT2D eigenvalue weighted by Gasteiger charge is 2.05. The minimum atomic E-state index is -0.01000. The van der Waals surface area contributed by atoms with Crippen LogP contribution in [0.5, 0.6) is 0 Å². The van der Waals surface area contributed by atoms with Crippen molar-refractivity contribution in [3.8, 4) is 0 Å². The Morgan fingerprint density at radius 3 is 1.80 bits per heavy atom. The van der Waals surface area contributed by atoms with Gasteiger partial charge in [-0.3, -0.25) is 0 Å². The van der Waals surface area contributed by atoms with Crippen molar-refractivity contribution < 1.29 is 0 Å². The first-order valence-electron chi connectivity index (χ1n) is 2.25. The summed E-state index contributed by atoms with van der Waals surface area (Å²) in [6.45, 7) is 0. The molecule has 0 unspecified atom stereocenters.